The molecule has 1 unspecified atom stereocenters. The molecule has 0 spiro atoms. The second-order valence-corrected chi connectivity index (χ2v) is 4.20. The van der Waals surface area contributed by atoms with E-state index in [9.17, 15) is 0 Å². The summed E-state index contributed by atoms with van der Waals surface area (Å²) in [4.78, 5) is 6.42. The van der Waals surface area contributed by atoms with Crippen molar-refractivity contribution in [2.24, 2.45) is 0 Å². The second-order valence-electron chi connectivity index (χ2n) is 4.20. The van der Waals surface area contributed by atoms with Crippen LogP contribution in [0.1, 0.15) is 24.6 Å². The molecule has 3 heterocycles. The normalized spacial score (nSPS) is 22.6. The van der Waals surface area contributed by atoms with Gasteiger partial charge in [0.25, 0.3) is 0 Å². The molecule has 2 aromatic heterocycles. The molecule has 0 aliphatic carbocycles. The van der Waals surface area contributed by atoms with Gasteiger partial charge < -0.3 is 4.42 Å². The fourth-order valence-electron chi connectivity index (χ4n) is 2.34. The number of pyridine rings is 1. The highest BCUT2D eigenvalue weighted by Gasteiger charge is 2.25. The van der Waals surface area contributed by atoms with Crippen LogP contribution in [0.5, 0.6) is 0 Å². The Morgan fingerprint density at radius 3 is 3.20 bits per heavy atom. The zero-order chi connectivity index (χ0) is 10.3. The van der Waals surface area contributed by atoms with E-state index in [1.807, 2.05) is 6.07 Å². The van der Waals surface area contributed by atoms with E-state index in [0.717, 1.165) is 16.7 Å². The number of fused-ring (bicyclic) bond motifs is 1. The molecule has 0 radical (unpaired) electrons. The second kappa shape index (κ2) is 3.35. The van der Waals surface area contributed by atoms with Crippen molar-refractivity contribution in [1.29, 1.82) is 0 Å². The fourth-order valence-corrected chi connectivity index (χ4v) is 2.34. The van der Waals surface area contributed by atoms with E-state index in [0.29, 0.717) is 6.04 Å². The molecule has 2 aromatic rings. The molecule has 3 nitrogen and oxygen atoms in total. The molecule has 78 valence electrons. The molecule has 0 saturated carbocycles. The van der Waals surface area contributed by atoms with Gasteiger partial charge in [-0.1, -0.05) is 0 Å². The quantitative estimate of drug-likeness (QED) is 0.711. The predicted octanol–water partition coefficient (Wildman–Crippen LogP) is 2.59. The molecule has 3 heteroatoms. The maximum Gasteiger partial charge on any atom is 0.152 e. The number of hydrogen-bond donors (Lipinski definition) is 0. The summed E-state index contributed by atoms with van der Waals surface area (Å²) >= 11 is 0. The fraction of sp³-hybridized carbons (Fsp3) is 0.417. The van der Waals surface area contributed by atoms with Crippen LogP contribution in [0, 0.1) is 0 Å². The number of nitrogens with zero attached hydrogens (tertiary/aromatic N) is 2. The first-order valence-electron chi connectivity index (χ1n) is 5.38. The Hall–Kier alpha value is -1.35. The molecular formula is C12H14N2O. The van der Waals surface area contributed by atoms with Crippen molar-refractivity contribution in [1.82, 2.24) is 9.88 Å². The molecule has 0 amide bonds. The Bertz CT molecular complexity index is 444. The lowest BCUT2D eigenvalue weighted by atomic mass is 10.1. The lowest BCUT2D eigenvalue weighted by Crippen LogP contribution is -2.16. The van der Waals surface area contributed by atoms with E-state index in [2.05, 4.69) is 23.0 Å². The minimum Gasteiger partial charge on any atom is -0.458 e. The summed E-state index contributed by atoms with van der Waals surface area (Å²) in [5.74, 6) is 1.08. The molecule has 0 bridgehead atoms. The van der Waals surface area contributed by atoms with Crippen LogP contribution in [0.25, 0.3) is 11.0 Å². The third-order valence-electron chi connectivity index (χ3n) is 3.19. The number of likely N-dealkylation sites (tertiary alicyclic amines) is 1. The van der Waals surface area contributed by atoms with Crippen molar-refractivity contribution >= 4 is 11.0 Å². The number of rotatable bonds is 1. The summed E-state index contributed by atoms with van der Waals surface area (Å²) in [5.41, 5.74) is 0.896. The van der Waals surface area contributed by atoms with Crippen LogP contribution < -0.4 is 0 Å². The Morgan fingerprint density at radius 2 is 2.47 bits per heavy atom. The van der Waals surface area contributed by atoms with Gasteiger partial charge in [-0.3, -0.25) is 9.88 Å². The van der Waals surface area contributed by atoms with Gasteiger partial charge in [0.2, 0.25) is 0 Å². The smallest absolute Gasteiger partial charge is 0.152 e. The van der Waals surface area contributed by atoms with Crippen LogP contribution in [-0.2, 0) is 0 Å². The topological polar surface area (TPSA) is 29.3 Å². The first-order chi connectivity index (χ1) is 7.34. The van der Waals surface area contributed by atoms with Gasteiger partial charge in [-0.25, -0.2) is 0 Å². The van der Waals surface area contributed by atoms with E-state index in [-0.39, 0.29) is 0 Å². The Kier molecular flexibility index (Phi) is 1.99. The van der Waals surface area contributed by atoms with Gasteiger partial charge in [0, 0.05) is 11.6 Å². The molecule has 0 N–H and O–H groups in total. The summed E-state index contributed by atoms with van der Waals surface area (Å²) in [5, 5.41) is 1.15. The molecule has 0 aromatic carbocycles. The Morgan fingerprint density at radius 1 is 1.53 bits per heavy atom. The van der Waals surface area contributed by atoms with Crippen LogP contribution >= 0.6 is 0 Å². The van der Waals surface area contributed by atoms with Gasteiger partial charge in [0.15, 0.2) is 5.58 Å². The molecule has 1 aliphatic heterocycles. The van der Waals surface area contributed by atoms with E-state index in [4.69, 9.17) is 4.42 Å². The lowest BCUT2D eigenvalue weighted by molar-refractivity contribution is 0.281. The highest BCUT2D eigenvalue weighted by Crippen LogP contribution is 2.33. The van der Waals surface area contributed by atoms with Crippen LogP contribution in [0.2, 0.25) is 0 Å². The van der Waals surface area contributed by atoms with Crippen LogP contribution in [0.4, 0.5) is 0 Å². The summed E-state index contributed by atoms with van der Waals surface area (Å²) in [6.07, 6.45) is 6.05. The van der Waals surface area contributed by atoms with Gasteiger partial charge in [-0.05, 0) is 38.6 Å². The monoisotopic (exact) mass is 202 g/mol. The largest absolute Gasteiger partial charge is 0.458 e. The van der Waals surface area contributed by atoms with E-state index in [1.54, 1.807) is 12.4 Å². The predicted molar refractivity (Wildman–Crippen MR) is 58.6 cm³/mol. The third-order valence-corrected chi connectivity index (χ3v) is 3.19. The van der Waals surface area contributed by atoms with Crippen molar-refractivity contribution in [2.75, 3.05) is 13.6 Å². The SMILES string of the molecule is CN1CCCC1c1cc2ccncc2o1. The van der Waals surface area contributed by atoms with Gasteiger partial charge in [0.1, 0.15) is 5.76 Å². The lowest BCUT2D eigenvalue weighted by Gasteiger charge is -2.16. The number of aromatic nitrogens is 1. The van der Waals surface area contributed by atoms with Crippen LogP contribution in [-0.4, -0.2) is 23.5 Å². The maximum atomic E-state index is 5.82. The molecule has 1 atom stereocenters. The van der Waals surface area contributed by atoms with Gasteiger partial charge in [-0.2, -0.15) is 0 Å². The van der Waals surface area contributed by atoms with E-state index in [1.165, 1.54) is 19.4 Å². The van der Waals surface area contributed by atoms with Crippen molar-refractivity contribution < 1.29 is 4.42 Å². The average Bonchev–Trinajstić information content (AvgIpc) is 2.82. The van der Waals surface area contributed by atoms with Gasteiger partial charge in [-0.15, -0.1) is 0 Å². The van der Waals surface area contributed by atoms with Gasteiger partial charge >= 0.3 is 0 Å². The first kappa shape index (κ1) is 8.92. The van der Waals surface area contributed by atoms with Crippen molar-refractivity contribution in [2.45, 2.75) is 18.9 Å². The summed E-state index contributed by atoms with van der Waals surface area (Å²) in [6.45, 7) is 1.17. The van der Waals surface area contributed by atoms with Crippen LogP contribution in [0.15, 0.2) is 28.9 Å². The standard InChI is InChI=1S/C12H14N2O/c1-14-6-2-3-10(14)11-7-9-4-5-13-8-12(9)15-11/h4-5,7-8,10H,2-3,6H2,1H3. The molecule has 1 aliphatic rings. The minimum atomic E-state index is 0.456. The van der Waals surface area contributed by atoms with E-state index >= 15 is 0 Å². The third kappa shape index (κ3) is 1.43. The highest BCUT2D eigenvalue weighted by atomic mass is 16.3. The number of hydrogen-bond acceptors (Lipinski definition) is 3. The Balaban J connectivity index is 2.04. The van der Waals surface area contributed by atoms with E-state index < -0.39 is 0 Å². The Labute approximate surface area is 88.7 Å². The molecule has 15 heavy (non-hydrogen) atoms. The van der Waals surface area contributed by atoms with Crippen molar-refractivity contribution in [3.05, 3.63) is 30.3 Å². The average molecular weight is 202 g/mol. The zero-order valence-corrected chi connectivity index (χ0v) is 8.81. The van der Waals surface area contributed by atoms with Crippen molar-refractivity contribution in [3.8, 4) is 0 Å². The summed E-state index contributed by atoms with van der Waals surface area (Å²) in [6, 6.07) is 4.60. The number of furan rings is 1. The van der Waals surface area contributed by atoms with Crippen LogP contribution in [0.3, 0.4) is 0 Å². The zero-order valence-electron chi connectivity index (χ0n) is 8.81. The molecule has 1 saturated heterocycles. The maximum absolute atomic E-state index is 5.82. The highest BCUT2D eigenvalue weighted by molar-refractivity contribution is 5.76. The summed E-state index contributed by atoms with van der Waals surface area (Å²) in [7, 11) is 2.16. The summed E-state index contributed by atoms with van der Waals surface area (Å²) < 4.78 is 5.82. The van der Waals surface area contributed by atoms with Gasteiger partial charge in [0.05, 0.1) is 12.2 Å². The molecule has 3 rings (SSSR count). The minimum absolute atomic E-state index is 0.456. The molecular weight excluding hydrogens is 188 g/mol. The first-order valence-corrected chi connectivity index (χ1v) is 5.38. The van der Waals surface area contributed by atoms with Crippen molar-refractivity contribution in [3.63, 3.8) is 0 Å². The molecule has 1 fully saturated rings.